The molecule has 8 heteroatoms. The lowest BCUT2D eigenvalue weighted by Gasteiger charge is -2.13. The Hall–Kier alpha value is -3.03. The van der Waals surface area contributed by atoms with Crippen molar-refractivity contribution < 1.29 is 15.0 Å². The number of aliphatic hydroxyl groups excluding tert-OH is 1. The van der Waals surface area contributed by atoms with Crippen molar-refractivity contribution in [2.24, 2.45) is 4.99 Å². The van der Waals surface area contributed by atoms with Crippen molar-refractivity contribution in [3.05, 3.63) is 76.3 Å². The second-order valence-electron chi connectivity index (χ2n) is 5.97. The minimum Gasteiger partial charge on any atom is -0.481 e. The number of rotatable bonds is 3. The monoisotopic (exact) mass is 398 g/mol. The third-order valence-corrected chi connectivity index (χ3v) is 4.36. The number of aliphatic carboxylic acids is 1. The van der Waals surface area contributed by atoms with E-state index in [0.29, 0.717) is 23.2 Å². The third kappa shape index (κ3) is 4.11. The normalized spacial score (nSPS) is 12.0. The number of aliphatic imine (C=N–C) groups is 1. The van der Waals surface area contributed by atoms with Gasteiger partial charge in [-0.25, -0.2) is 0 Å². The number of carboxylic acids is 1. The van der Waals surface area contributed by atoms with Crippen LogP contribution in [0.3, 0.4) is 0 Å². The van der Waals surface area contributed by atoms with Gasteiger partial charge in [0.2, 0.25) is 0 Å². The standard InChI is InChI=1S/C17H13ClN4O.C3H6O2/c18-12-6-7-14-13(8-12)17(11-4-2-1-3-5-11)19-9-15-20-21-16(10-23)22(14)15;1-2-3(4)5/h1-8,23H,9-10H2;2H2,1H3,(H,4,5). The van der Waals surface area contributed by atoms with Gasteiger partial charge in [0.15, 0.2) is 11.6 Å². The van der Waals surface area contributed by atoms with Gasteiger partial charge in [0.05, 0.1) is 11.4 Å². The minimum atomic E-state index is -0.745. The first-order valence-electron chi connectivity index (χ1n) is 8.71. The van der Waals surface area contributed by atoms with Gasteiger partial charge >= 0.3 is 5.97 Å². The molecule has 4 rings (SSSR count). The maximum absolute atomic E-state index is 9.55. The predicted molar refractivity (Wildman–Crippen MR) is 106 cm³/mol. The molecule has 144 valence electrons. The van der Waals surface area contributed by atoms with Crippen LogP contribution in [-0.2, 0) is 17.9 Å². The highest BCUT2D eigenvalue weighted by molar-refractivity contribution is 6.31. The maximum atomic E-state index is 9.55. The van der Waals surface area contributed by atoms with Crippen molar-refractivity contribution in [2.45, 2.75) is 26.5 Å². The second kappa shape index (κ2) is 8.77. The Balaban J connectivity index is 0.000000403. The first-order valence-corrected chi connectivity index (χ1v) is 9.09. The van der Waals surface area contributed by atoms with Gasteiger partial charge in [-0.3, -0.25) is 14.4 Å². The van der Waals surface area contributed by atoms with E-state index >= 15 is 0 Å². The van der Waals surface area contributed by atoms with Crippen LogP contribution < -0.4 is 0 Å². The number of aliphatic hydroxyl groups is 1. The molecule has 0 amide bonds. The van der Waals surface area contributed by atoms with Gasteiger partial charge in [-0.2, -0.15) is 0 Å². The molecule has 1 aromatic heterocycles. The molecule has 2 N–H and O–H groups in total. The smallest absolute Gasteiger partial charge is 0.303 e. The summed E-state index contributed by atoms with van der Waals surface area (Å²) in [6.45, 7) is 1.81. The Morgan fingerprint density at radius 1 is 1.18 bits per heavy atom. The van der Waals surface area contributed by atoms with Crippen molar-refractivity contribution in [2.75, 3.05) is 0 Å². The van der Waals surface area contributed by atoms with E-state index in [-0.39, 0.29) is 13.0 Å². The summed E-state index contributed by atoms with van der Waals surface area (Å²) in [5.74, 6) is 0.446. The number of hydrogen-bond donors (Lipinski definition) is 2. The molecule has 0 spiro atoms. The van der Waals surface area contributed by atoms with Gasteiger partial charge in [0.1, 0.15) is 13.2 Å². The Morgan fingerprint density at radius 3 is 2.54 bits per heavy atom. The molecule has 1 aliphatic heterocycles. The third-order valence-electron chi connectivity index (χ3n) is 4.12. The molecule has 0 bridgehead atoms. The van der Waals surface area contributed by atoms with E-state index in [2.05, 4.69) is 10.2 Å². The average molecular weight is 399 g/mol. The summed E-state index contributed by atoms with van der Waals surface area (Å²) >= 11 is 6.21. The number of halogens is 1. The summed E-state index contributed by atoms with van der Waals surface area (Å²) in [4.78, 5) is 14.1. The molecule has 0 fully saturated rings. The van der Waals surface area contributed by atoms with Crippen molar-refractivity contribution >= 4 is 23.3 Å². The highest BCUT2D eigenvalue weighted by atomic mass is 35.5. The number of hydrogen-bond acceptors (Lipinski definition) is 5. The Kier molecular flexibility index (Phi) is 6.18. The Morgan fingerprint density at radius 2 is 1.89 bits per heavy atom. The number of aromatic nitrogens is 3. The van der Waals surface area contributed by atoms with Crippen LogP contribution in [0.15, 0.2) is 53.5 Å². The summed E-state index contributed by atoms with van der Waals surface area (Å²) in [6.07, 6.45) is 0.222. The van der Waals surface area contributed by atoms with E-state index in [9.17, 15) is 9.90 Å². The van der Waals surface area contributed by atoms with Crippen molar-refractivity contribution in [1.29, 1.82) is 0 Å². The second-order valence-corrected chi connectivity index (χ2v) is 6.40. The molecule has 0 saturated carbocycles. The topological polar surface area (TPSA) is 101 Å². The summed E-state index contributed by atoms with van der Waals surface area (Å²) in [6, 6.07) is 15.6. The van der Waals surface area contributed by atoms with Crippen LogP contribution in [0.1, 0.15) is 36.1 Å². The van der Waals surface area contributed by atoms with Crippen molar-refractivity contribution in [3.63, 3.8) is 0 Å². The predicted octanol–water partition coefficient (Wildman–Crippen LogP) is 3.25. The molecule has 28 heavy (non-hydrogen) atoms. The van der Waals surface area contributed by atoms with Crippen LogP contribution in [0.2, 0.25) is 5.02 Å². The molecule has 1 aliphatic rings. The van der Waals surface area contributed by atoms with Gasteiger partial charge in [0, 0.05) is 22.6 Å². The molecule has 0 unspecified atom stereocenters. The van der Waals surface area contributed by atoms with E-state index in [1.807, 2.05) is 53.1 Å². The van der Waals surface area contributed by atoms with E-state index in [4.69, 9.17) is 21.7 Å². The SMILES string of the molecule is CCC(=O)O.OCc1nnc2n1-c1ccc(Cl)cc1C(c1ccccc1)=NC2. The number of carboxylic acid groups (broad SMARTS) is 1. The van der Waals surface area contributed by atoms with Crippen LogP contribution in [0.25, 0.3) is 5.69 Å². The summed E-state index contributed by atoms with van der Waals surface area (Å²) < 4.78 is 1.85. The highest BCUT2D eigenvalue weighted by Gasteiger charge is 2.22. The first kappa shape index (κ1) is 19.7. The zero-order valence-electron chi connectivity index (χ0n) is 15.2. The van der Waals surface area contributed by atoms with Crippen LogP contribution in [0.5, 0.6) is 0 Å². The molecule has 0 atom stereocenters. The first-order chi connectivity index (χ1) is 13.5. The van der Waals surface area contributed by atoms with E-state index in [0.717, 1.165) is 22.5 Å². The lowest BCUT2D eigenvalue weighted by Crippen LogP contribution is -2.09. The van der Waals surface area contributed by atoms with E-state index in [1.54, 1.807) is 6.92 Å². The quantitative estimate of drug-likeness (QED) is 0.705. The number of carbonyl (C=O) groups is 1. The molecule has 0 saturated heterocycles. The van der Waals surface area contributed by atoms with Gasteiger partial charge in [0.25, 0.3) is 0 Å². The lowest BCUT2D eigenvalue weighted by molar-refractivity contribution is -0.136. The maximum Gasteiger partial charge on any atom is 0.303 e. The molecule has 7 nitrogen and oxygen atoms in total. The molecule has 2 heterocycles. The molecule has 2 aromatic carbocycles. The lowest BCUT2D eigenvalue weighted by atomic mass is 10.0. The van der Waals surface area contributed by atoms with Gasteiger partial charge in [-0.1, -0.05) is 48.9 Å². The van der Waals surface area contributed by atoms with Crippen LogP contribution >= 0.6 is 11.6 Å². The zero-order chi connectivity index (χ0) is 20.1. The fourth-order valence-corrected chi connectivity index (χ4v) is 2.98. The molecule has 0 radical (unpaired) electrons. The van der Waals surface area contributed by atoms with Gasteiger partial charge < -0.3 is 10.2 Å². The summed E-state index contributed by atoms with van der Waals surface area (Å²) in [5, 5.41) is 26.1. The minimum absolute atomic E-state index is 0.185. The molecule has 3 aromatic rings. The fraction of sp³-hybridized carbons (Fsp3) is 0.200. The van der Waals surface area contributed by atoms with Crippen LogP contribution in [-0.4, -0.2) is 36.7 Å². The van der Waals surface area contributed by atoms with Crippen molar-refractivity contribution in [1.82, 2.24) is 14.8 Å². The summed E-state index contributed by atoms with van der Waals surface area (Å²) in [5.41, 5.74) is 3.65. The largest absolute Gasteiger partial charge is 0.481 e. The van der Waals surface area contributed by atoms with Crippen molar-refractivity contribution in [3.8, 4) is 5.69 Å². The van der Waals surface area contributed by atoms with Crippen LogP contribution in [0.4, 0.5) is 0 Å². The fourth-order valence-electron chi connectivity index (χ4n) is 2.81. The highest BCUT2D eigenvalue weighted by Crippen LogP contribution is 2.28. The Labute approximate surface area is 167 Å². The Bertz CT molecular complexity index is 1020. The van der Waals surface area contributed by atoms with Gasteiger partial charge in [-0.15, -0.1) is 10.2 Å². The van der Waals surface area contributed by atoms with Gasteiger partial charge in [-0.05, 0) is 18.2 Å². The number of nitrogens with zero attached hydrogens (tertiary/aromatic N) is 4. The van der Waals surface area contributed by atoms with E-state index < -0.39 is 5.97 Å². The molecular weight excluding hydrogens is 380 g/mol. The average Bonchev–Trinajstić information content (AvgIpc) is 3.05. The molecular formula is C20H19ClN4O3. The number of fused-ring (bicyclic) bond motifs is 3. The van der Waals surface area contributed by atoms with Crippen LogP contribution in [0, 0.1) is 0 Å². The summed E-state index contributed by atoms with van der Waals surface area (Å²) in [7, 11) is 0. The zero-order valence-corrected chi connectivity index (χ0v) is 16.0. The van der Waals surface area contributed by atoms with E-state index in [1.165, 1.54) is 0 Å². The number of benzene rings is 2. The molecule has 0 aliphatic carbocycles.